The van der Waals surface area contributed by atoms with Gasteiger partial charge in [0.15, 0.2) is 0 Å². The third-order valence-electron chi connectivity index (χ3n) is 2.59. The summed E-state index contributed by atoms with van der Waals surface area (Å²) in [6.07, 6.45) is 2.60. The minimum Gasteiger partial charge on any atom is -0.438 e. The zero-order chi connectivity index (χ0) is 14.5. The van der Waals surface area contributed by atoms with Crippen molar-refractivity contribution in [1.82, 2.24) is 9.97 Å². The van der Waals surface area contributed by atoms with Crippen LogP contribution in [0.25, 0.3) is 0 Å². The molecular weight excluding hydrogens is 325 g/mol. The first-order chi connectivity index (χ1) is 9.60. The Morgan fingerprint density at radius 2 is 2.20 bits per heavy atom. The van der Waals surface area contributed by atoms with Crippen molar-refractivity contribution in [3.8, 4) is 11.6 Å². The van der Waals surface area contributed by atoms with Gasteiger partial charge in [-0.2, -0.15) is 4.98 Å². The highest BCUT2D eigenvalue weighted by Crippen LogP contribution is 2.28. The van der Waals surface area contributed by atoms with E-state index in [1.54, 1.807) is 25.3 Å². The van der Waals surface area contributed by atoms with Crippen molar-refractivity contribution >= 4 is 21.9 Å². The lowest BCUT2D eigenvalue weighted by Gasteiger charge is -2.09. The summed E-state index contributed by atoms with van der Waals surface area (Å²) in [6, 6.07) is 4.56. The smallest absolute Gasteiger partial charge is 0.238 e. The molecule has 0 saturated carbocycles. The van der Waals surface area contributed by atoms with Gasteiger partial charge in [-0.15, -0.1) is 0 Å². The number of aryl methyl sites for hydroxylation is 1. The molecule has 0 saturated heterocycles. The molecule has 0 aliphatic carbocycles. The first-order valence-corrected chi connectivity index (χ1v) is 7.10. The van der Waals surface area contributed by atoms with Crippen LogP contribution >= 0.6 is 15.9 Å². The van der Waals surface area contributed by atoms with E-state index in [0.29, 0.717) is 27.6 Å². The minimum absolute atomic E-state index is 0.260. The first kappa shape index (κ1) is 14.7. The highest BCUT2D eigenvalue weighted by molar-refractivity contribution is 9.10. The van der Waals surface area contributed by atoms with Crippen molar-refractivity contribution in [2.24, 2.45) is 0 Å². The van der Waals surface area contributed by atoms with Crippen molar-refractivity contribution in [3.63, 3.8) is 0 Å². The maximum absolute atomic E-state index is 13.2. The van der Waals surface area contributed by atoms with Crippen molar-refractivity contribution in [1.29, 1.82) is 0 Å². The van der Waals surface area contributed by atoms with Gasteiger partial charge in [-0.1, -0.05) is 6.92 Å². The molecule has 4 nitrogen and oxygen atoms in total. The second-order valence-electron chi connectivity index (χ2n) is 4.29. The topological polar surface area (TPSA) is 47.0 Å². The van der Waals surface area contributed by atoms with E-state index in [2.05, 4.69) is 38.1 Å². The van der Waals surface area contributed by atoms with Crippen LogP contribution in [0, 0.1) is 12.7 Å². The molecule has 0 radical (unpaired) electrons. The number of hydrogen-bond acceptors (Lipinski definition) is 4. The Balaban J connectivity index is 2.20. The van der Waals surface area contributed by atoms with Gasteiger partial charge in [0.05, 0.1) is 10.7 Å². The molecule has 1 aromatic carbocycles. The molecule has 20 heavy (non-hydrogen) atoms. The summed E-state index contributed by atoms with van der Waals surface area (Å²) < 4.78 is 19.5. The van der Waals surface area contributed by atoms with E-state index in [1.807, 2.05) is 0 Å². The Morgan fingerprint density at radius 1 is 1.40 bits per heavy atom. The normalized spacial score (nSPS) is 10.4. The molecule has 0 atom stereocenters. The number of benzene rings is 1. The van der Waals surface area contributed by atoms with E-state index in [1.165, 1.54) is 6.07 Å². The molecule has 106 valence electrons. The van der Waals surface area contributed by atoms with Crippen LogP contribution in [-0.4, -0.2) is 16.5 Å². The van der Waals surface area contributed by atoms with Crippen LogP contribution in [0.15, 0.2) is 28.9 Å². The molecule has 2 aromatic rings. The van der Waals surface area contributed by atoms with Crippen LogP contribution in [0.2, 0.25) is 0 Å². The predicted molar refractivity (Wildman–Crippen MR) is 79.7 cm³/mol. The summed E-state index contributed by atoms with van der Waals surface area (Å²) in [7, 11) is 0. The van der Waals surface area contributed by atoms with Gasteiger partial charge in [-0.05, 0) is 53.0 Å². The molecule has 0 fully saturated rings. The summed E-state index contributed by atoms with van der Waals surface area (Å²) >= 11 is 3.34. The van der Waals surface area contributed by atoms with Crippen LogP contribution < -0.4 is 10.1 Å². The average Bonchev–Trinajstić information content (AvgIpc) is 2.44. The van der Waals surface area contributed by atoms with E-state index in [0.717, 1.165) is 13.0 Å². The molecule has 0 bridgehead atoms. The Morgan fingerprint density at radius 3 is 2.90 bits per heavy atom. The monoisotopic (exact) mass is 339 g/mol. The van der Waals surface area contributed by atoms with Gasteiger partial charge >= 0.3 is 0 Å². The second-order valence-corrected chi connectivity index (χ2v) is 5.14. The summed E-state index contributed by atoms with van der Waals surface area (Å²) in [5.41, 5.74) is 0.525. The van der Waals surface area contributed by atoms with Crippen molar-refractivity contribution in [2.45, 2.75) is 20.3 Å². The van der Waals surface area contributed by atoms with Gasteiger partial charge in [-0.3, -0.25) is 0 Å². The lowest BCUT2D eigenvalue weighted by molar-refractivity contribution is 0.456. The fraction of sp³-hybridized carbons (Fsp3) is 0.286. The molecule has 1 N–H and O–H groups in total. The number of halogens is 2. The van der Waals surface area contributed by atoms with Gasteiger partial charge in [0.2, 0.25) is 11.8 Å². The largest absolute Gasteiger partial charge is 0.438 e. The number of nitrogens with zero attached hydrogens (tertiary/aromatic N) is 2. The number of hydrogen-bond donors (Lipinski definition) is 1. The predicted octanol–water partition coefficient (Wildman–Crippen LogP) is 4.30. The van der Waals surface area contributed by atoms with Crippen LogP contribution in [0.1, 0.15) is 18.9 Å². The van der Waals surface area contributed by atoms with Crippen molar-refractivity contribution in [2.75, 3.05) is 11.9 Å². The fourth-order valence-electron chi connectivity index (χ4n) is 1.54. The van der Waals surface area contributed by atoms with Gasteiger partial charge in [-0.25, -0.2) is 9.37 Å². The highest BCUT2D eigenvalue weighted by Gasteiger charge is 2.08. The Labute approximate surface area is 125 Å². The Kier molecular flexibility index (Phi) is 4.89. The molecule has 0 amide bonds. The van der Waals surface area contributed by atoms with Crippen LogP contribution in [-0.2, 0) is 0 Å². The molecule has 0 aliphatic heterocycles. The quantitative estimate of drug-likeness (QED) is 0.882. The molecule has 1 aromatic heterocycles. The second kappa shape index (κ2) is 6.65. The van der Waals surface area contributed by atoms with E-state index < -0.39 is 0 Å². The summed E-state index contributed by atoms with van der Waals surface area (Å²) in [4.78, 5) is 8.41. The van der Waals surface area contributed by atoms with Gasteiger partial charge in [0, 0.05) is 6.54 Å². The number of anilines is 1. The first-order valence-electron chi connectivity index (χ1n) is 6.30. The third kappa shape index (κ3) is 3.66. The lowest BCUT2D eigenvalue weighted by atomic mass is 10.2. The molecule has 0 unspecified atom stereocenters. The van der Waals surface area contributed by atoms with E-state index in [4.69, 9.17) is 4.74 Å². The van der Waals surface area contributed by atoms with Crippen molar-refractivity contribution in [3.05, 3.63) is 40.2 Å². The summed E-state index contributed by atoms with van der Waals surface area (Å²) in [5, 5.41) is 3.09. The van der Waals surface area contributed by atoms with Gasteiger partial charge in [0.25, 0.3) is 0 Å². The Bertz CT molecular complexity index is 607. The number of aromatic nitrogens is 2. The van der Waals surface area contributed by atoms with E-state index in [9.17, 15) is 4.39 Å². The number of nitrogens with one attached hydrogen (secondary N) is 1. The van der Waals surface area contributed by atoms with Gasteiger partial charge in [0.1, 0.15) is 11.6 Å². The minimum atomic E-state index is -0.260. The molecular formula is C14H15BrFN3O. The highest BCUT2D eigenvalue weighted by atomic mass is 79.9. The zero-order valence-corrected chi connectivity index (χ0v) is 12.9. The van der Waals surface area contributed by atoms with E-state index in [-0.39, 0.29) is 5.82 Å². The summed E-state index contributed by atoms with van der Waals surface area (Å²) in [5.74, 6) is 1.17. The molecule has 0 aliphatic rings. The maximum atomic E-state index is 13.2. The standard InChI is InChI=1S/C14H15BrFN3O/c1-3-6-17-14-18-8-11(15)13(19-14)20-10-4-5-12(16)9(2)7-10/h4-5,7-8H,3,6H2,1-2H3,(H,17,18,19). The van der Waals surface area contributed by atoms with Gasteiger partial charge < -0.3 is 10.1 Å². The van der Waals surface area contributed by atoms with Crippen LogP contribution in [0.4, 0.5) is 10.3 Å². The van der Waals surface area contributed by atoms with Crippen molar-refractivity contribution < 1.29 is 9.13 Å². The SMILES string of the molecule is CCCNc1ncc(Br)c(Oc2ccc(F)c(C)c2)n1. The Hall–Kier alpha value is -1.69. The van der Waals surface area contributed by atoms with Crippen LogP contribution in [0.5, 0.6) is 11.6 Å². The average molecular weight is 340 g/mol. The molecule has 6 heteroatoms. The summed E-state index contributed by atoms with van der Waals surface area (Å²) in [6.45, 7) is 4.53. The zero-order valence-electron chi connectivity index (χ0n) is 11.3. The fourth-order valence-corrected chi connectivity index (χ4v) is 1.81. The number of ether oxygens (including phenoxy) is 1. The number of rotatable bonds is 5. The van der Waals surface area contributed by atoms with E-state index >= 15 is 0 Å². The molecule has 1 heterocycles. The molecule has 2 rings (SSSR count). The maximum Gasteiger partial charge on any atom is 0.238 e. The lowest BCUT2D eigenvalue weighted by Crippen LogP contribution is -2.05. The third-order valence-corrected chi connectivity index (χ3v) is 3.13. The molecule has 0 spiro atoms. The van der Waals surface area contributed by atoms with Crippen LogP contribution in [0.3, 0.4) is 0 Å².